The van der Waals surface area contributed by atoms with Crippen LogP contribution < -0.4 is 0 Å². The standard InChI is InChI=1S/C6H4FIO2/c7-5-1-3-6(4-2-5)8(9)10/h1-4H. The fraction of sp³-hybridized carbons (Fsp3) is 0. The quantitative estimate of drug-likeness (QED) is 0.720. The Bertz CT molecular complexity index is 281. The Morgan fingerprint density at radius 1 is 1.10 bits per heavy atom. The number of rotatable bonds is 1. The van der Waals surface area contributed by atoms with Gasteiger partial charge in [0, 0.05) is 0 Å². The molecule has 1 rings (SSSR count). The molecule has 1 aromatic carbocycles. The van der Waals surface area contributed by atoms with Crippen LogP contribution in [0.2, 0.25) is 0 Å². The molecule has 0 heterocycles. The van der Waals surface area contributed by atoms with Crippen LogP contribution >= 0.6 is 19.8 Å². The van der Waals surface area contributed by atoms with Gasteiger partial charge in [0.2, 0.25) is 0 Å². The monoisotopic (exact) mass is 254 g/mol. The Morgan fingerprint density at radius 2 is 1.60 bits per heavy atom. The highest BCUT2D eigenvalue weighted by atomic mass is 127. The molecule has 0 saturated carbocycles. The van der Waals surface area contributed by atoms with Gasteiger partial charge in [0.1, 0.15) is 5.82 Å². The zero-order valence-electron chi connectivity index (χ0n) is 4.88. The molecule has 0 aromatic heterocycles. The molecule has 0 spiro atoms. The molecule has 0 N–H and O–H groups in total. The summed E-state index contributed by atoms with van der Waals surface area (Å²) in [6.07, 6.45) is 0. The zero-order chi connectivity index (χ0) is 7.56. The molecule has 1 aromatic rings. The van der Waals surface area contributed by atoms with Crippen molar-refractivity contribution in [3.63, 3.8) is 0 Å². The van der Waals surface area contributed by atoms with Gasteiger partial charge in [0.15, 0.2) is 0 Å². The number of hydrogen-bond donors (Lipinski definition) is 0. The Morgan fingerprint density at radius 3 is 2.00 bits per heavy atom. The summed E-state index contributed by atoms with van der Waals surface area (Å²) in [4.78, 5) is 0. The molecular formula is C6H4FIO2. The smallest absolute Gasteiger partial charge is 0.230 e. The van der Waals surface area contributed by atoms with E-state index in [1.807, 2.05) is 0 Å². The van der Waals surface area contributed by atoms with E-state index in [-0.39, 0.29) is 3.57 Å². The Hall–Kier alpha value is -0.520. The topological polar surface area (TPSA) is 34.1 Å². The van der Waals surface area contributed by atoms with Gasteiger partial charge in [0.25, 0.3) is 0 Å². The van der Waals surface area contributed by atoms with E-state index in [1.165, 1.54) is 12.1 Å². The third kappa shape index (κ3) is 1.73. The summed E-state index contributed by atoms with van der Waals surface area (Å²) in [5.41, 5.74) is 0. The van der Waals surface area contributed by atoms with Crippen molar-refractivity contribution in [3.05, 3.63) is 33.7 Å². The number of hydrogen-bond acceptors (Lipinski definition) is 2. The van der Waals surface area contributed by atoms with E-state index in [0.717, 1.165) is 12.1 Å². The van der Waals surface area contributed by atoms with E-state index < -0.39 is 25.6 Å². The van der Waals surface area contributed by atoms with Crippen LogP contribution in [0.3, 0.4) is 0 Å². The van der Waals surface area contributed by atoms with E-state index in [2.05, 4.69) is 0 Å². The first kappa shape index (κ1) is 7.59. The molecule has 2 nitrogen and oxygen atoms in total. The summed E-state index contributed by atoms with van der Waals surface area (Å²) >= 11 is -3.37. The lowest BCUT2D eigenvalue weighted by Crippen LogP contribution is -1.73. The van der Waals surface area contributed by atoms with Crippen LogP contribution in [0.4, 0.5) is 4.39 Å². The van der Waals surface area contributed by atoms with E-state index in [1.54, 1.807) is 0 Å². The highest BCUT2D eigenvalue weighted by Gasteiger charge is 1.96. The van der Waals surface area contributed by atoms with Gasteiger partial charge in [-0.2, -0.15) is 0 Å². The first-order valence-corrected chi connectivity index (χ1v) is 5.35. The molecule has 0 amide bonds. The highest BCUT2D eigenvalue weighted by molar-refractivity contribution is 14.2. The second kappa shape index (κ2) is 3.05. The van der Waals surface area contributed by atoms with Gasteiger partial charge in [-0.05, 0) is 24.3 Å². The molecule has 0 fully saturated rings. The van der Waals surface area contributed by atoms with Gasteiger partial charge in [-0.3, -0.25) is 0 Å². The van der Waals surface area contributed by atoms with Crippen molar-refractivity contribution in [2.45, 2.75) is 0 Å². The Balaban J connectivity index is 3.12. The van der Waals surface area contributed by atoms with Crippen LogP contribution in [-0.4, -0.2) is 0 Å². The minimum atomic E-state index is -3.37. The number of benzene rings is 1. The first-order valence-electron chi connectivity index (χ1n) is 2.51. The molecule has 0 bridgehead atoms. The molecule has 0 aliphatic rings. The van der Waals surface area contributed by atoms with E-state index in [9.17, 15) is 10.5 Å². The van der Waals surface area contributed by atoms with Gasteiger partial charge in [-0.15, -0.1) is 0 Å². The minimum Gasteiger partial charge on any atom is -0.230 e. The zero-order valence-corrected chi connectivity index (χ0v) is 7.04. The lowest BCUT2D eigenvalue weighted by Gasteiger charge is -1.85. The molecule has 10 heavy (non-hydrogen) atoms. The fourth-order valence-corrected chi connectivity index (χ4v) is 1.48. The van der Waals surface area contributed by atoms with Crippen LogP contribution in [-0.2, 0) is 6.14 Å². The average Bonchev–Trinajstić information content (AvgIpc) is 1.88. The Labute approximate surface area is 64.2 Å². The molecule has 0 saturated heterocycles. The summed E-state index contributed by atoms with van der Waals surface area (Å²) < 4.78 is 33.0. The van der Waals surface area contributed by atoms with Crippen molar-refractivity contribution >= 4 is 19.8 Å². The normalized spacial score (nSPS) is 10.2. The predicted molar refractivity (Wildman–Crippen MR) is 40.5 cm³/mol. The van der Waals surface area contributed by atoms with E-state index in [4.69, 9.17) is 0 Å². The summed E-state index contributed by atoms with van der Waals surface area (Å²) in [5.74, 6) is -0.415. The third-order valence-electron chi connectivity index (χ3n) is 0.982. The van der Waals surface area contributed by atoms with Crippen molar-refractivity contribution in [2.24, 2.45) is 0 Å². The highest BCUT2D eigenvalue weighted by Crippen LogP contribution is 2.16. The van der Waals surface area contributed by atoms with Crippen LogP contribution in [0.1, 0.15) is 0 Å². The summed E-state index contributed by atoms with van der Waals surface area (Å²) in [6.45, 7) is 0. The van der Waals surface area contributed by atoms with Crippen LogP contribution in [0.15, 0.2) is 24.3 Å². The summed E-state index contributed by atoms with van der Waals surface area (Å²) in [6, 6.07) is 4.80. The van der Waals surface area contributed by atoms with Crippen molar-refractivity contribution in [3.8, 4) is 0 Å². The minimum absolute atomic E-state index is 0.227. The fourth-order valence-electron chi connectivity index (χ4n) is 0.532. The first-order chi connectivity index (χ1) is 4.70. The average molecular weight is 254 g/mol. The van der Waals surface area contributed by atoms with Crippen molar-refractivity contribution < 1.29 is 10.5 Å². The lowest BCUT2D eigenvalue weighted by molar-refractivity contribution is 0.610. The van der Waals surface area contributed by atoms with Crippen LogP contribution in [0.25, 0.3) is 0 Å². The van der Waals surface area contributed by atoms with Gasteiger partial charge in [0.05, 0.1) is 3.57 Å². The second-order valence-corrected chi connectivity index (χ2v) is 4.14. The maximum atomic E-state index is 12.2. The molecule has 54 valence electrons. The predicted octanol–water partition coefficient (Wildman–Crippen LogP) is 2.19. The van der Waals surface area contributed by atoms with Crippen LogP contribution in [0.5, 0.6) is 0 Å². The van der Waals surface area contributed by atoms with Crippen molar-refractivity contribution in [1.82, 2.24) is 0 Å². The summed E-state index contributed by atoms with van der Waals surface area (Å²) in [5, 5.41) is 0. The maximum absolute atomic E-state index is 12.2. The van der Waals surface area contributed by atoms with Gasteiger partial charge in [-0.1, -0.05) is 0 Å². The van der Waals surface area contributed by atoms with E-state index in [0.29, 0.717) is 0 Å². The molecule has 0 aliphatic heterocycles. The van der Waals surface area contributed by atoms with Gasteiger partial charge < -0.3 is 0 Å². The van der Waals surface area contributed by atoms with E-state index >= 15 is 0 Å². The molecule has 0 aliphatic carbocycles. The number of halogens is 2. The second-order valence-electron chi connectivity index (χ2n) is 1.65. The van der Waals surface area contributed by atoms with Crippen molar-refractivity contribution in [1.29, 1.82) is 0 Å². The lowest BCUT2D eigenvalue weighted by atomic mass is 10.4. The molecule has 4 heteroatoms. The third-order valence-corrected chi connectivity index (χ3v) is 2.72. The molecule has 0 unspecified atom stereocenters. The van der Waals surface area contributed by atoms with Crippen LogP contribution in [0, 0.1) is 9.39 Å². The maximum Gasteiger partial charge on any atom is 0.340 e. The largest absolute Gasteiger partial charge is 0.340 e. The molecule has 0 radical (unpaired) electrons. The SMILES string of the molecule is O=I(=O)c1ccc(F)cc1. The molecular weight excluding hydrogens is 250 g/mol. The molecule has 0 atom stereocenters. The summed E-state index contributed by atoms with van der Waals surface area (Å²) in [7, 11) is 0. The van der Waals surface area contributed by atoms with Crippen molar-refractivity contribution in [2.75, 3.05) is 0 Å². The van der Waals surface area contributed by atoms with Gasteiger partial charge >= 0.3 is 19.8 Å². The Kier molecular flexibility index (Phi) is 2.31. The van der Waals surface area contributed by atoms with Gasteiger partial charge in [-0.25, -0.2) is 10.5 Å².